The van der Waals surface area contributed by atoms with Crippen LogP contribution in [-0.2, 0) is 4.79 Å². The summed E-state index contributed by atoms with van der Waals surface area (Å²) in [7, 11) is 0. The van der Waals surface area contributed by atoms with Gasteiger partial charge in [-0.1, -0.05) is 11.6 Å². The Hall–Kier alpha value is -2.48. The molecule has 0 radical (unpaired) electrons. The number of fused-ring (bicyclic) bond motifs is 1. The third-order valence-corrected chi connectivity index (χ3v) is 5.30. The van der Waals surface area contributed by atoms with Crippen molar-refractivity contribution in [3.05, 3.63) is 34.9 Å². The van der Waals surface area contributed by atoms with E-state index in [0.29, 0.717) is 29.6 Å². The quantitative estimate of drug-likeness (QED) is 0.614. The van der Waals surface area contributed by atoms with Crippen LogP contribution >= 0.6 is 11.6 Å². The van der Waals surface area contributed by atoms with Crippen LogP contribution in [-0.4, -0.2) is 41.0 Å². The Labute approximate surface area is 171 Å². The SMILES string of the molecule is O=C(O)CCNc1ccc2c(C(=O)NCC3CCCC(F)(F)C3)c(Cl)ccc2n1. The molecule has 0 aliphatic heterocycles. The molecule has 6 nitrogen and oxygen atoms in total. The van der Waals surface area contributed by atoms with E-state index in [1.54, 1.807) is 24.3 Å². The second-order valence-electron chi connectivity index (χ2n) is 7.28. The molecule has 3 N–H and O–H groups in total. The zero-order chi connectivity index (χ0) is 21.0. The first-order chi connectivity index (χ1) is 13.7. The largest absolute Gasteiger partial charge is 0.481 e. The molecule has 2 aromatic rings. The summed E-state index contributed by atoms with van der Waals surface area (Å²) in [6, 6.07) is 6.54. The molecule has 0 spiro atoms. The molecule has 29 heavy (non-hydrogen) atoms. The number of amides is 1. The lowest BCUT2D eigenvalue weighted by atomic mass is 9.86. The lowest BCUT2D eigenvalue weighted by Crippen LogP contribution is -2.35. The van der Waals surface area contributed by atoms with Crippen molar-refractivity contribution in [1.29, 1.82) is 0 Å². The van der Waals surface area contributed by atoms with E-state index in [0.717, 1.165) is 0 Å². The molecule has 1 aromatic carbocycles. The number of rotatable bonds is 7. The van der Waals surface area contributed by atoms with Gasteiger partial charge in [-0.05, 0) is 43.0 Å². The molecule has 156 valence electrons. The number of nitrogens with one attached hydrogen (secondary N) is 2. The van der Waals surface area contributed by atoms with Crippen LogP contribution < -0.4 is 10.6 Å². The standard InChI is InChI=1S/C20H22ClF2N3O3/c21-14-4-5-15-13(3-6-16(26-15)24-9-7-17(27)28)18(14)19(29)25-11-12-2-1-8-20(22,23)10-12/h3-6,12H,1-2,7-11H2,(H,24,26)(H,25,29)(H,27,28). The van der Waals surface area contributed by atoms with Crippen molar-refractivity contribution in [3.63, 3.8) is 0 Å². The summed E-state index contributed by atoms with van der Waals surface area (Å²) < 4.78 is 27.1. The van der Waals surface area contributed by atoms with Gasteiger partial charge in [0.05, 0.1) is 22.5 Å². The molecule has 9 heteroatoms. The summed E-state index contributed by atoms with van der Waals surface area (Å²) in [5.41, 5.74) is 0.764. The molecule has 1 aliphatic carbocycles. The Kier molecular flexibility index (Phi) is 6.52. The Morgan fingerprint density at radius 2 is 2.07 bits per heavy atom. The van der Waals surface area contributed by atoms with E-state index in [4.69, 9.17) is 16.7 Å². The second kappa shape index (κ2) is 8.90. The summed E-state index contributed by atoms with van der Waals surface area (Å²) >= 11 is 6.23. The van der Waals surface area contributed by atoms with Gasteiger partial charge in [0.1, 0.15) is 5.82 Å². The number of hydrogen-bond acceptors (Lipinski definition) is 4. The number of halogens is 3. The number of aliphatic carboxylic acids is 1. The van der Waals surface area contributed by atoms with Gasteiger partial charge in [0, 0.05) is 31.3 Å². The van der Waals surface area contributed by atoms with E-state index in [2.05, 4.69) is 15.6 Å². The van der Waals surface area contributed by atoms with Gasteiger partial charge in [0.2, 0.25) is 5.92 Å². The minimum Gasteiger partial charge on any atom is -0.481 e. The molecule has 1 aliphatic rings. The lowest BCUT2D eigenvalue weighted by molar-refractivity contribution is -0.136. The van der Waals surface area contributed by atoms with Crippen molar-refractivity contribution < 1.29 is 23.5 Å². The smallest absolute Gasteiger partial charge is 0.305 e. The monoisotopic (exact) mass is 425 g/mol. The van der Waals surface area contributed by atoms with Crippen LogP contribution in [0.4, 0.5) is 14.6 Å². The van der Waals surface area contributed by atoms with E-state index in [1.165, 1.54) is 0 Å². The van der Waals surface area contributed by atoms with Crippen LogP contribution in [0.1, 0.15) is 42.5 Å². The number of carboxylic acid groups (broad SMARTS) is 1. The van der Waals surface area contributed by atoms with Crippen LogP contribution in [0.5, 0.6) is 0 Å². The van der Waals surface area contributed by atoms with Crippen LogP contribution in [0.15, 0.2) is 24.3 Å². The fraction of sp³-hybridized carbons (Fsp3) is 0.450. The number of alkyl halides is 2. The Morgan fingerprint density at radius 1 is 1.28 bits per heavy atom. The third kappa shape index (κ3) is 5.53. The molecule has 1 amide bonds. The molecule has 3 rings (SSSR count). The number of carbonyl (C=O) groups excluding carboxylic acids is 1. The van der Waals surface area contributed by atoms with E-state index >= 15 is 0 Å². The van der Waals surface area contributed by atoms with Gasteiger partial charge in [-0.25, -0.2) is 13.8 Å². The van der Waals surface area contributed by atoms with E-state index < -0.39 is 17.8 Å². The maximum atomic E-state index is 13.6. The summed E-state index contributed by atoms with van der Waals surface area (Å²) in [5.74, 6) is -3.79. The molecule has 1 heterocycles. The van der Waals surface area contributed by atoms with E-state index in [9.17, 15) is 18.4 Å². The van der Waals surface area contributed by atoms with Crippen molar-refractivity contribution in [2.75, 3.05) is 18.4 Å². The maximum absolute atomic E-state index is 13.6. The Morgan fingerprint density at radius 3 is 2.79 bits per heavy atom. The van der Waals surface area contributed by atoms with Crippen LogP contribution in [0.3, 0.4) is 0 Å². The average Bonchev–Trinajstić information content (AvgIpc) is 2.65. The predicted octanol–water partition coefficient (Wildman–Crippen LogP) is 4.33. The highest BCUT2D eigenvalue weighted by atomic mass is 35.5. The topological polar surface area (TPSA) is 91.3 Å². The fourth-order valence-corrected chi connectivity index (χ4v) is 3.83. The molecule has 0 saturated heterocycles. The number of aromatic nitrogens is 1. The van der Waals surface area contributed by atoms with E-state index in [-0.39, 0.29) is 48.9 Å². The van der Waals surface area contributed by atoms with Crippen LogP contribution in [0.25, 0.3) is 10.9 Å². The maximum Gasteiger partial charge on any atom is 0.305 e. The Balaban J connectivity index is 1.72. The van der Waals surface area contributed by atoms with Crippen molar-refractivity contribution >= 4 is 40.2 Å². The highest BCUT2D eigenvalue weighted by Crippen LogP contribution is 2.36. The molecule has 1 aromatic heterocycles. The first-order valence-electron chi connectivity index (χ1n) is 9.46. The highest BCUT2D eigenvalue weighted by molar-refractivity contribution is 6.35. The lowest BCUT2D eigenvalue weighted by Gasteiger charge is -2.29. The second-order valence-corrected chi connectivity index (χ2v) is 7.69. The van der Waals surface area contributed by atoms with Crippen LogP contribution in [0.2, 0.25) is 5.02 Å². The molecule has 1 unspecified atom stereocenters. The average molecular weight is 426 g/mol. The van der Waals surface area contributed by atoms with Crippen molar-refractivity contribution in [1.82, 2.24) is 10.3 Å². The van der Waals surface area contributed by atoms with Crippen LogP contribution in [0, 0.1) is 5.92 Å². The highest BCUT2D eigenvalue weighted by Gasteiger charge is 2.36. The van der Waals surface area contributed by atoms with Crippen molar-refractivity contribution in [3.8, 4) is 0 Å². The third-order valence-electron chi connectivity index (χ3n) is 4.99. The molecule has 0 bridgehead atoms. The van der Waals surface area contributed by atoms with Gasteiger partial charge < -0.3 is 15.7 Å². The number of anilines is 1. The van der Waals surface area contributed by atoms with Crippen molar-refractivity contribution in [2.24, 2.45) is 5.92 Å². The predicted molar refractivity (Wildman–Crippen MR) is 107 cm³/mol. The van der Waals surface area contributed by atoms with Gasteiger partial charge >= 0.3 is 5.97 Å². The number of carbonyl (C=O) groups is 2. The minimum absolute atomic E-state index is 0.0474. The number of pyridine rings is 1. The first-order valence-corrected chi connectivity index (χ1v) is 9.84. The first kappa shape index (κ1) is 21.2. The van der Waals surface area contributed by atoms with Gasteiger partial charge in [0.15, 0.2) is 0 Å². The number of hydrogen-bond donors (Lipinski definition) is 3. The summed E-state index contributed by atoms with van der Waals surface area (Å²) in [4.78, 5) is 27.7. The number of carboxylic acids is 1. The van der Waals surface area contributed by atoms with Crippen molar-refractivity contribution in [2.45, 2.75) is 38.0 Å². The van der Waals surface area contributed by atoms with Gasteiger partial charge in [-0.15, -0.1) is 0 Å². The molecule has 1 saturated carbocycles. The zero-order valence-corrected chi connectivity index (χ0v) is 16.4. The van der Waals surface area contributed by atoms with Gasteiger partial charge in [-0.2, -0.15) is 0 Å². The zero-order valence-electron chi connectivity index (χ0n) is 15.7. The minimum atomic E-state index is -2.67. The molecule has 1 atom stereocenters. The van der Waals surface area contributed by atoms with Gasteiger partial charge in [-0.3, -0.25) is 9.59 Å². The van der Waals surface area contributed by atoms with Gasteiger partial charge in [0.25, 0.3) is 5.91 Å². The molecular weight excluding hydrogens is 404 g/mol. The number of nitrogens with zero attached hydrogens (tertiary/aromatic N) is 1. The summed E-state index contributed by atoms with van der Waals surface area (Å²) in [6.45, 7) is 0.393. The Bertz CT molecular complexity index is 923. The fourth-order valence-electron chi connectivity index (χ4n) is 3.58. The summed E-state index contributed by atoms with van der Waals surface area (Å²) in [5, 5.41) is 15.1. The normalized spacial score (nSPS) is 18.4. The molecular formula is C20H22ClF2N3O3. The summed E-state index contributed by atoms with van der Waals surface area (Å²) in [6.07, 6.45) is 0.745. The number of benzene rings is 1. The van der Waals surface area contributed by atoms with E-state index in [1.807, 2.05) is 0 Å². The molecule has 1 fully saturated rings.